The molecule has 1 aromatic carbocycles. The van der Waals surface area contributed by atoms with E-state index >= 15 is 0 Å². The molecule has 36 heavy (non-hydrogen) atoms. The molecule has 6 aliphatic heterocycles. The van der Waals surface area contributed by atoms with Crippen molar-refractivity contribution in [1.29, 1.82) is 0 Å². The fourth-order valence-corrected chi connectivity index (χ4v) is 6.70. The molecule has 4 unspecified atom stereocenters. The van der Waals surface area contributed by atoms with Gasteiger partial charge in [0, 0.05) is 36.1 Å². The van der Waals surface area contributed by atoms with E-state index in [0.717, 1.165) is 51.9 Å². The van der Waals surface area contributed by atoms with Crippen molar-refractivity contribution in [2.24, 2.45) is 23.7 Å². The van der Waals surface area contributed by atoms with E-state index in [1.54, 1.807) is 0 Å². The summed E-state index contributed by atoms with van der Waals surface area (Å²) in [6.07, 6.45) is 3.80. The number of carbonyl (C=O) groups excluding carboxylic acids is 2. The van der Waals surface area contributed by atoms with Crippen molar-refractivity contribution in [3.63, 3.8) is 0 Å². The van der Waals surface area contributed by atoms with E-state index in [0.29, 0.717) is 24.9 Å². The fraction of sp³-hybridized carbons (Fsp3) is 0.615. The molecule has 0 spiro atoms. The molecule has 10 heteroatoms. The number of fused-ring (bicyclic) bond motifs is 6. The van der Waals surface area contributed by atoms with E-state index in [4.69, 9.17) is 0 Å². The maximum Gasteiger partial charge on any atom is 0.326 e. The quantitative estimate of drug-likeness (QED) is 0.412. The van der Waals surface area contributed by atoms with Crippen molar-refractivity contribution in [2.75, 3.05) is 39.3 Å². The van der Waals surface area contributed by atoms with Crippen molar-refractivity contribution >= 4 is 23.8 Å². The van der Waals surface area contributed by atoms with Crippen LogP contribution in [0.1, 0.15) is 46.4 Å². The number of hydrogen-bond acceptors (Lipinski definition) is 6. The van der Waals surface area contributed by atoms with Crippen LogP contribution in [0.25, 0.3) is 0 Å². The maximum absolute atomic E-state index is 12.9. The molecule has 194 valence electrons. The van der Waals surface area contributed by atoms with E-state index in [1.165, 1.54) is 24.3 Å². The van der Waals surface area contributed by atoms with E-state index < -0.39 is 35.8 Å². The molecule has 2 amide bonds. The molecule has 0 aliphatic carbocycles. The summed E-state index contributed by atoms with van der Waals surface area (Å²) in [5.74, 6) is -2.74. The van der Waals surface area contributed by atoms with Crippen LogP contribution >= 0.6 is 0 Å². The number of hydrogen-bond donors (Lipinski definition) is 4. The lowest BCUT2D eigenvalue weighted by atomic mass is 9.75. The Hall–Kier alpha value is -2.98. The third kappa shape index (κ3) is 4.97. The van der Waals surface area contributed by atoms with Gasteiger partial charge >= 0.3 is 11.9 Å². The minimum atomic E-state index is -1.04. The SMILES string of the molecule is O=C(NC(C(=O)O)C1CN2CCC1CC2)c1ccc(C(=O)NC(C(=O)O)C2CN3CCC2CC3)cc1. The highest BCUT2D eigenvalue weighted by molar-refractivity contribution is 6.00. The van der Waals surface area contributed by atoms with Gasteiger partial charge in [-0.2, -0.15) is 0 Å². The summed E-state index contributed by atoms with van der Waals surface area (Å²) in [6, 6.07) is 3.97. The van der Waals surface area contributed by atoms with Crippen LogP contribution in [-0.4, -0.2) is 95.1 Å². The van der Waals surface area contributed by atoms with Crippen LogP contribution in [0.3, 0.4) is 0 Å². The first kappa shape index (κ1) is 24.7. The number of nitrogens with one attached hydrogen (secondary N) is 2. The number of amides is 2. The first-order chi connectivity index (χ1) is 17.3. The van der Waals surface area contributed by atoms with E-state index in [-0.39, 0.29) is 23.0 Å². The zero-order valence-electron chi connectivity index (χ0n) is 20.3. The number of benzene rings is 1. The fourth-order valence-electron chi connectivity index (χ4n) is 6.70. The van der Waals surface area contributed by atoms with Gasteiger partial charge in [0.1, 0.15) is 12.1 Å². The summed E-state index contributed by atoms with van der Waals surface area (Å²) in [4.78, 5) is 54.2. The van der Waals surface area contributed by atoms with Gasteiger partial charge < -0.3 is 30.6 Å². The van der Waals surface area contributed by atoms with Crippen LogP contribution in [-0.2, 0) is 9.59 Å². The summed E-state index contributed by atoms with van der Waals surface area (Å²) in [6.45, 7) is 5.26. The second-order valence-corrected chi connectivity index (χ2v) is 10.8. The topological polar surface area (TPSA) is 139 Å². The summed E-state index contributed by atoms with van der Waals surface area (Å²) >= 11 is 0. The molecule has 6 heterocycles. The van der Waals surface area contributed by atoms with Gasteiger partial charge in [-0.3, -0.25) is 9.59 Å². The number of aliphatic carboxylic acids is 2. The van der Waals surface area contributed by atoms with E-state index in [1.807, 2.05) is 0 Å². The molecule has 0 saturated carbocycles. The zero-order valence-corrected chi connectivity index (χ0v) is 20.3. The van der Waals surface area contributed by atoms with Gasteiger partial charge in [-0.25, -0.2) is 9.59 Å². The standard InChI is InChI=1S/C26H34N4O6/c31-23(27-21(25(33)34)19-13-29-9-5-15(19)6-10-29)17-1-2-18(4-3-17)24(32)28-22(26(35)36)20-14-30-11-7-16(20)8-12-30/h1-4,15-16,19-22H,5-14H2,(H,27,31)(H,28,32)(H,33,34)(H,35,36). The predicted octanol–water partition coefficient (Wildman–Crippen LogP) is 0.736. The molecule has 6 fully saturated rings. The lowest BCUT2D eigenvalue weighted by Crippen LogP contribution is -2.57. The molecule has 7 rings (SSSR count). The normalized spacial score (nSPS) is 32.3. The first-order valence-electron chi connectivity index (χ1n) is 12.9. The Labute approximate surface area is 210 Å². The lowest BCUT2D eigenvalue weighted by molar-refractivity contribution is -0.143. The van der Waals surface area contributed by atoms with Crippen molar-refractivity contribution in [2.45, 2.75) is 37.8 Å². The molecule has 0 aromatic heterocycles. The van der Waals surface area contributed by atoms with Crippen molar-refractivity contribution in [3.8, 4) is 0 Å². The number of carboxylic acids is 2. The maximum atomic E-state index is 12.9. The van der Waals surface area contributed by atoms with Gasteiger partial charge in [0.2, 0.25) is 0 Å². The van der Waals surface area contributed by atoms with Crippen LogP contribution in [0.4, 0.5) is 0 Å². The smallest absolute Gasteiger partial charge is 0.326 e. The first-order valence-corrected chi connectivity index (χ1v) is 12.9. The van der Waals surface area contributed by atoms with Crippen LogP contribution in [0.15, 0.2) is 24.3 Å². The largest absolute Gasteiger partial charge is 0.480 e. The average Bonchev–Trinajstić information content (AvgIpc) is 2.91. The van der Waals surface area contributed by atoms with Crippen molar-refractivity contribution in [3.05, 3.63) is 35.4 Å². The monoisotopic (exact) mass is 498 g/mol. The number of piperidine rings is 6. The van der Waals surface area contributed by atoms with E-state index in [2.05, 4.69) is 20.4 Å². The lowest BCUT2D eigenvalue weighted by Gasteiger charge is -2.46. The highest BCUT2D eigenvalue weighted by atomic mass is 16.4. The second-order valence-electron chi connectivity index (χ2n) is 10.8. The van der Waals surface area contributed by atoms with Crippen molar-refractivity contribution in [1.82, 2.24) is 20.4 Å². The minimum absolute atomic E-state index is 0.127. The average molecular weight is 499 g/mol. The molecule has 6 aliphatic rings. The number of nitrogens with zero attached hydrogens (tertiary/aromatic N) is 2. The Morgan fingerprint density at radius 1 is 0.667 bits per heavy atom. The highest BCUT2D eigenvalue weighted by Gasteiger charge is 2.43. The number of carboxylic acid groups (broad SMARTS) is 2. The molecule has 4 atom stereocenters. The molecular formula is C26H34N4O6. The van der Waals surface area contributed by atoms with Gasteiger partial charge in [0.05, 0.1) is 0 Å². The molecule has 0 radical (unpaired) electrons. The van der Waals surface area contributed by atoms with Gasteiger partial charge in [-0.1, -0.05) is 0 Å². The minimum Gasteiger partial charge on any atom is -0.480 e. The Morgan fingerprint density at radius 3 is 1.25 bits per heavy atom. The molecule has 4 bridgehead atoms. The Bertz CT molecular complexity index is 933. The van der Waals surface area contributed by atoms with E-state index in [9.17, 15) is 29.4 Å². The summed E-state index contributed by atoms with van der Waals surface area (Å²) in [5, 5.41) is 25.0. The number of carbonyl (C=O) groups is 4. The van der Waals surface area contributed by atoms with Crippen LogP contribution < -0.4 is 10.6 Å². The molecule has 4 N–H and O–H groups in total. The van der Waals surface area contributed by atoms with Crippen LogP contribution in [0.2, 0.25) is 0 Å². The number of rotatable bonds is 8. The summed E-state index contributed by atoms with van der Waals surface area (Å²) in [5.41, 5.74) is 0.512. The summed E-state index contributed by atoms with van der Waals surface area (Å²) < 4.78 is 0. The Morgan fingerprint density at radius 2 is 1.00 bits per heavy atom. The molecular weight excluding hydrogens is 464 g/mol. The van der Waals surface area contributed by atoms with Crippen LogP contribution in [0, 0.1) is 23.7 Å². The summed E-state index contributed by atoms with van der Waals surface area (Å²) in [7, 11) is 0. The molecule has 6 saturated heterocycles. The highest BCUT2D eigenvalue weighted by Crippen LogP contribution is 2.35. The molecule has 1 aromatic rings. The third-order valence-electron chi connectivity index (χ3n) is 8.78. The van der Waals surface area contributed by atoms with Gasteiger partial charge in [-0.15, -0.1) is 0 Å². The predicted molar refractivity (Wildman–Crippen MR) is 130 cm³/mol. The second kappa shape index (κ2) is 10.2. The zero-order chi connectivity index (χ0) is 25.4. The van der Waals surface area contributed by atoms with Crippen LogP contribution in [0.5, 0.6) is 0 Å². The third-order valence-corrected chi connectivity index (χ3v) is 8.78. The molecule has 10 nitrogen and oxygen atoms in total. The van der Waals surface area contributed by atoms with Crippen molar-refractivity contribution < 1.29 is 29.4 Å². The van der Waals surface area contributed by atoms with Gasteiger partial charge in [0.15, 0.2) is 0 Å². The van der Waals surface area contributed by atoms with Gasteiger partial charge in [0.25, 0.3) is 11.8 Å². The Balaban J connectivity index is 1.22. The Kier molecular flexibility index (Phi) is 6.98. The van der Waals surface area contributed by atoms with Gasteiger partial charge in [-0.05, 0) is 88.0 Å².